The van der Waals surface area contributed by atoms with Crippen molar-refractivity contribution >= 4 is 12.4 Å². The first kappa shape index (κ1) is 12.5. The highest BCUT2D eigenvalue weighted by Gasteiger charge is 2.32. The molecule has 86 valence electrons. The number of allylic oxidation sites excluding steroid dienone is 1. The SMILES string of the molecule is Cc1ccc(C=CCC=O)cc1C(F)(F)F. The maximum absolute atomic E-state index is 12.5. The van der Waals surface area contributed by atoms with Crippen LogP contribution in [0.15, 0.2) is 24.3 Å². The number of halogens is 3. The Balaban J connectivity index is 3.03. The number of aryl methyl sites for hydroxylation is 1. The summed E-state index contributed by atoms with van der Waals surface area (Å²) < 4.78 is 37.6. The third-order valence-electron chi connectivity index (χ3n) is 2.11. The van der Waals surface area contributed by atoms with Crippen molar-refractivity contribution in [2.75, 3.05) is 0 Å². The molecular weight excluding hydrogens is 217 g/mol. The third-order valence-corrected chi connectivity index (χ3v) is 2.11. The molecule has 0 unspecified atom stereocenters. The summed E-state index contributed by atoms with van der Waals surface area (Å²) in [7, 11) is 0. The molecule has 0 saturated heterocycles. The molecule has 0 aliphatic rings. The molecule has 0 aliphatic carbocycles. The number of alkyl halides is 3. The van der Waals surface area contributed by atoms with Gasteiger partial charge in [-0.3, -0.25) is 0 Å². The van der Waals surface area contributed by atoms with E-state index in [9.17, 15) is 18.0 Å². The summed E-state index contributed by atoms with van der Waals surface area (Å²) in [5, 5.41) is 0. The molecule has 1 rings (SSSR count). The number of carbonyl (C=O) groups is 1. The Labute approximate surface area is 91.6 Å². The summed E-state index contributed by atoms with van der Waals surface area (Å²) in [6.45, 7) is 1.42. The van der Waals surface area contributed by atoms with Crippen LogP contribution in [-0.4, -0.2) is 6.29 Å². The quantitative estimate of drug-likeness (QED) is 0.722. The van der Waals surface area contributed by atoms with Crippen molar-refractivity contribution in [2.24, 2.45) is 0 Å². The van der Waals surface area contributed by atoms with E-state index in [-0.39, 0.29) is 12.0 Å². The lowest BCUT2D eigenvalue weighted by Gasteiger charge is -2.10. The Kier molecular flexibility index (Phi) is 3.88. The van der Waals surface area contributed by atoms with Gasteiger partial charge in [-0.1, -0.05) is 24.3 Å². The van der Waals surface area contributed by atoms with Crippen molar-refractivity contribution < 1.29 is 18.0 Å². The Hall–Kier alpha value is -1.58. The van der Waals surface area contributed by atoms with E-state index in [4.69, 9.17) is 0 Å². The van der Waals surface area contributed by atoms with Crippen LogP contribution in [0.1, 0.15) is 23.1 Å². The van der Waals surface area contributed by atoms with Gasteiger partial charge in [-0.05, 0) is 24.1 Å². The molecule has 0 atom stereocenters. The van der Waals surface area contributed by atoms with E-state index in [1.165, 1.54) is 25.1 Å². The summed E-state index contributed by atoms with van der Waals surface area (Å²) in [6.07, 6.45) is -0.413. The van der Waals surface area contributed by atoms with Crippen LogP contribution in [0.3, 0.4) is 0 Å². The fraction of sp³-hybridized carbons (Fsp3) is 0.250. The Morgan fingerprint density at radius 1 is 1.31 bits per heavy atom. The number of benzene rings is 1. The highest BCUT2D eigenvalue weighted by Crippen LogP contribution is 2.32. The van der Waals surface area contributed by atoms with Gasteiger partial charge in [0.1, 0.15) is 6.29 Å². The molecule has 1 aromatic rings. The minimum absolute atomic E-state index is 0.194. The predicted octanol–water partition coefficient (Wildman–Crippen LogP) is 3.62. The Bertz CT molecular complexity index is 405. The van der Waals surface area contributed by atoms with Gasteiger partial charge in [0.05, 0.1) is 5.56 Å². The van der Waals surface area contributed by atoms with Gasteiger partial charge >= 0.3 is 6.18 Å². The molecule has 1 nitrogen and oxygen atoms in total. The average molecular weight is 228 g/mol. The van der Waals surface area contributed by atoms with Crippen LogP contribution in [0.2, 0.25) is 0 Å². The molecule has 0 heterocycles. The molecule has 0 spiro atoms. The molecule has 0 aromatic heterocycles. The van der Waals surface area contributed by atoms with E-state index in [1.54, 1.807) is 6.07 Å². The van der Waals surface area contributed by atoms with Crippen molar-refractivity contribution in [3.05, 3.63) is 41.0 Å². The molecule has 4 heteroatoms. The highest BCUT2D eigenvalue weighted by molar-refractivity contribution is 5.58. The maximum Gasteiger partial charge on any atom is 0.416 e. The first-order valence-corrected chi connectivity index (χ1v) is 4.73. The van der Waals surface area contributed by atoms with Crippen LogP contribution in [0.25, 0.3) is 6.08 Å². The van der Waals surface area contributed by atoms with Crippen molar-refractivity contribution in [3.63, 3.8) is 0 Å². The zero-order chi connectivity index (χ0) is 12.2. The van der Waals surface area contributed by atoms with Crippen LogP contribution >= 0.6 is 0 Å². The zero-order valence-electron chi connectivity index (χ0n) is 8.71. The number of hydrogen-bond donors (Lipinski definition) is 0. The minimum Gasteiger partial charge on any atom is -0.303 e. The van der Waals surface area contributed by atoms with Crippen molar-refractivity contribution in [2.45, 2.75) is 19.5 Å². The number of carbonyl (C=O) groups excluding carboxylic acids is 1. The van der Waals surface area contributed by atoms with E-state index >= 15 is 0 Å². The van der Waals surface area contributed by atoms with Gasteiger partial charge in [0.15, 0.2) is 0 Å². The van der Waals surface area contributed by atoms with Gasteiger partial charge < -0.3 is 4.79 Å². The predicted molar refractivity (Wildman–Crippen MR) is 55.9 cm³/mol. The monoisotopic (exact) mass is 228 g/mol. The Morgan fingerprint density at radius 2 is 2.00 bits per heavy atom. The maximum atomic E-state index is 12.5. The first-order valence-electron chi connectivity index (χ1n) is 4.73. The number of rotatable bonds is 3. The Morgan fingerprint density at radius 3 is 2.56 bits per heavy atom. The second-order valence-corrected chi connectivity index (χ2v) is 3.38. The summed E-state index contributed by atoms with van der Waals surface area (Å²) in [6, 6.07) is 4.09. The molecule has 0 amide bonds. The molecule has 0 N–H and O–H groups in total. The van der Waals surface area contributed by atoms with Crippen molar-refractivity contribution in [1.29, 1.82) is 0 Å². The third kappa shape index (κ3) is 3.22. The zero-order valence-corrected chi connectivity index (χ0v) is 8.71. The van der Waals surface area contributed by atoms with Crippen LogP contribution in [0.4, 0.5) is 13.2 Å². The van der Waals surface area contributed by atoms with Gasteiger partial charge in [-0.25, -0.2) is 0 Å². The van der Waals surface area contributed by atoms with Crippen LogP contribution in [0, 0.1) is 6.92 Å². The molecular formula is C12H11F3O. The standard InChI is InChI=1S/C12H11F3O/c1-9-5-6-10(4-2-3-7-16)8-11(9)12(13,14)15/h2,4-8H,3H2,1H3. The molecule has 16 heavy (non-hydrogen) atoms. The van der Waals surface area contributed by atoms with E-state index in [2.05, 4.69) is 0 Å². The second kappa shape index (κ2) is 4.96. The van der Waals surface area contributed by atoms with Crippen LogP contribution in [0.5, 0.6) is 0 Å². The van der Waals surface area contributed by atoms with Gasteiger partial charge in [0.25, 0.3) is 0 Å². The van der Waals surface area contributed by atoms with E-state index in [1.807, 2.05) is 0 Å². The van der Waals surface area contributed by atoms with Crippen molar-refractivity contribution in [3.8, 4) is 0 Å². The summed E-state index contributed by atoms with van der Waals surface area (Å²) in [4.78, 5) is 10.0. The first-order chi connectivity index (χ1) is 7.45. The lowest BCUT2D eigenvalue weighted by Crippen LogP contribution is -2.07. The second-order valence-electron chi connectivity index (χ2n) is 3.38. The van der Waals surface area contributed by atoms with Crippen molar-refractivity contribution in [1.82, 2.24) is 0 Å². The smallest absolute Gasteiger partial charge is 0.303 e. The largest absolute Gasteiger partial charge is 0.416 e. The van der Waals surface area contributed by atoms with Crippen LogP contribution < -0.4 is 0 Å². The average Bonchev–Trinajstić information content (AvgIpc) is 2.19. The molecule has 0 bridgehead atoms. The minimum atomic E-state index is -4.33. The van der Waals surface area contributed by atoms with E-state index in [0.29, 0.717) is 11.8 Å². The molecule has 1 aromatic carbocycles. The van der Waals surface area contributed by atoms with Crippen LogP contribution in [-0.2, 0) is 11.0 Å². The fourth-order valence-corrected chi connectivity index (χ4v) is 1.31. The topological polar surface area (TPSA) is 17.1 Å². The summed E-state index contributed by atoms with van der Waals surface area (Å²) >= 11 is 0. The highest BCUT2D eigenvalue weighted by atomic mass is 19.4. The summed E-state index contributed by atoms with van der Waals surface area (Å²) in [5.74, 6) is 0. The van der Waals surface area contributed by atoms with E-state index in [0.717, 1.165) is 6.07 Å². The van der Waals surface area contributed by atoms with Gasteiger partial charge in [0, 0.05) is 6.42 Å². The van der Waals surface area contributed by atoms with Gasteiger partial charge in [-0.15, -0.1) is 0 Å². The normalized spacial score (nSPS) is 12.0. The number of aldehydes is 1. The molecule has 0 saturated carbocycles. The molecule has 0 radical (unpaired) electrons. The fourth-order valence-electron chi connectivity index (χ4n) is 1.31. The lowest BCUT2D eigenvalue weighted by atomic mass is 10.0. The summed E-state index contributed by atoms with van der Waals surface area (Å²) in [5.41, 5.74) is 0.000524. The van der Waals surface area contributed by atoms with E-state index < -0.39 is 11.7 Å². The molecule has 0 aliphatic heterocycles. The lowest BCUT2D eigenvalue weighted by molar-refractivity contribution is -0.138. The number of hydrogen-bond acceptors (Lipinski definition) is 1. The van der Waals surface area contributed by atoms with Gasteiger partial charge in [0.2, 0.25) is 0 Å². The molecule has 0 fully saturated rings. The van der Waals surface area contributed by atoms with Gasteiger partial charge in [-0.2, -0.15) is 13.2 Å².